The minimum Gasteiger partial charge on any atom is -0.508 e. The van der Waals surface area contributed by atoms with Gasteiger partial charge in [0.15, 0.2) is 0 Å². The van der Waals surface area contributed by atoms with E-state index in [1.165, 1.54) is 12.1 Å². The summed E-state index contributed by atoms with van der Waals surface area (Å²) in [5, 5.41) is 13.2. The van der Waals surface area contributed by atoms with Crippen molar-refractivity contribution in [2.24, 2.45) is 0 Å². The van der Waals surface area contributed by atoms with E-state index in [1.807, 2.05) is 19.1 Å². The van der Waals surface area contributed by atoms with Crippen molar-refractivity contribution in [3.8, 4) is 5.75 Å². The number of hydrogen-bond acceptors (Lipinski definition) is 2. The molecule has 0 saturated carbocycles. The summed E-state index contributed by atoms with van der Waals surface area (Å²) in [4.78, 5) is 0. The van der Waals surface area contributed by atoms with E-state index < -0.39 is 0 Å². The third-order valence-corrected chi connectivity index (χ3v) is 3.87. The van der Waals surface area contributed by atoms with Gasteiger partial charge in [-0.05, 0) is 53.3 Å². The second kappa shape index (κ2) is 6.23. The largest absolute Gasteiger partial charge is 0.508 e. The molecule has 0 radical (unpaired) electrons. The van der Waals surface area contributed by atoms with Crippen LogP contribution in [0.4, 0.5) is 10.1 Å². The van der Waals surface area contributed by atoms with E-state index in [0.717, 1.165) is 21.2 Å². The van der Waals surface area contributed by atoms with Gasteiger partial charge in [-0.2, -0.15) is 0 Å². The quantitative estimate of drug-likeness (QED) is 0.764. The lowest BCUT2D eigenvalue weighted by Crippen LogP contribution is -2.10. The van der Waals surface area contributed by atoms with E-state index in [1.54, 1.807) is 18.2 Å². The van der Waals surface area contributed by atoms with Crippen LogP contribution in [0.1, 0.15) is 24.9 Å². The van der Waals surface area contributed by atoms with Crippen LogP contribution < -0.4 is 5.32 Å². The van der Waals surface area contributed by atoms with Gasteiger partial charge in [-0.3, -0.25) is 0 Å². The van der Waals surface area contributed by atoms with Crippen molar-refractivity contribution in [1.29, 1.82) is 0 Å². The molecule has 0 aromatic heterocycles. The number of nitrogens with one attached hydrogen (secondary N) is 1. The molecule has 0 bridgehead atoms. The summed E-state index contributed by atoms with van der Waals surface area (Å²) in [6.45, 7) is 2.04. The van der Waals surface area contributed by atoms with Crippen LogP contribution in [0.2, 0.25) is 0 Å². The minimum atomic E-state index is -0.245. The molecule has 2 rings (SSSR count). The predicted octanol–water partition coefficient (Wildman–Crippen LogP) is 4.70. The molecule has 0 amide bonds. The summed E-state index contributed by atoms with van der Waals surface area (Å²) in [7, 11) is 0. The lowest BCUT2D eigenvalue weighted by atomic mass is 10.0. The zero-order chi connectivity index (χ0) is 13.8. The molecule has 2 N–H and O–H groups in total. The van der Waals surface area contributed by atoms with Gasteiger partial charge >= 0.3 is 0 Å². The molecule has 0 heterocycles. The lowest BCUT2D eigenvalue weighted by molar-refractivity contribution is 0.462. The second-order valence-electron chi connectivity index (χ2n) is 4.29. The van der Waals surface area contributed by atoms with E-state index in [0.29, 0.717) is 0 Å². The fourth-order valence-corrected chi connectivity index (χ4v) is 2.61. The smallest absolute Gasteiger partial charge is 0.124 e. The Morgan fingerprint density at radius 3 is 2.63 bits per heavy atom. The first-order chi connectivity index (χ1) is 9.11. The Balaban J connectivity index is 2.27. The maximum Gasteiger partial charge on any atom is 0.124 e. The Hall–Kier alpha value is -1.30. The molecule has 1 atom stereocenters. The highest BCUT2D eigenvalue weighted by atomic mass is 127. The number of benzene rings is 2. The van der Waals surface area contributed by atoms with Crippen LogP contribution in [0.3, 0.4) is 0 Å². The number of para-hydroxylation sites is 1. The lowest BCUT2D eigenvalue weighted by Gasteiger charge is -2.20. The van der Waals surface area contributed by atoms with Crippen molar-refractivity contribution < 1.29 is 9.50 Å². The first kappa shape index (κ1) is 14.1. The Labute approximate surface area is 125 Å². The van der Waals surface area contributed by atoms with Crippen LogP contribution in [0.15, 0.2) is 42.5 Å². The maximum absolute atomic E-state index is 13.1. The van der Waals surface area contributed by atoms with Crippen molar-refractivity contribution in [2.75, 3.05) is 5.32 Å². The van der Waals surface area contributed by atoms with Gasteiger partial charge in [0.05, 0.1) is 6.04 Å². The molecule has 2 aromatic carbocycles. The maximum atomic E-state index is 13.1. The van der Waals surface area contributed by atoms with Crippen molar-refractivity contribution >= 4 is 28.3 Å². The summed E-state index contributed by atoms with van der Waals surface area (Å²) in [6, 6.07) is 11.9. The third-order valence-electron chi connectivity index (χ3n) is 2.98. The van der Waals surface area contributed by atoms with Gasteiger partial charge in [-0.25, -0.2) is 4.39 Å². The molecule has 19 heavy (non-hydrogen) atoms. The van der Waals surface area contributed by atoms with E-state index in [9.17, 15) is 9.50 Å². The summed E-state index contributed by atoms with van der Waals surface area (Å²) < 4.78 is 13.9. The number of halogens is 2. The normalized spacial score (nSPS) is 12.2. The van der Waals surface area contributed by atoms with Gasteiger partial charge in [-0.15, -0.1) is 0 Å². The molecule has 2 nitrogen and oxygen atoms in total. The van der Waals surface area contributed by atoms with E-state index >= 15 is 0 Å². The Morgan fingerprint density at radius 1 is 1.26 bits per heavy atom. The standard InChI is InChI=1S/C15H15FINO/c1-2-13(11-5-3-4-6-15(11)19)18-14-8-7-10(16)9-12(14)17/h3-9,13,18-19H,2H2,1H3. The van der Waals surface area contributed by atoms with E-state index in [2.05, 4.69) is 27.9 Å². The van der Waals surface area contributed by atoms with Gasteiger partial charge in [0.2, 0.25) is 0 Å². The average molecular weight is 371 g/mol. The number of rotatable bonds is 4. The SMILES string of the molecule is CCC(Nc1ccc(F)cc1I)c1ccccc1O. The van der Waals surface area contributed by atoms with Crippen molar-refractivity contribution in [1.82, 2.24) is 0 Å². The first-order valence-corrected chi connectivity index (χ1v) is 7.19. The molecule has 1 unspecified atom stereocenters. The summed E-state index contributed by atoms with van der Waals surface area (Å²) in [5.74, 6) is 0.0320. The van der Waals surface area contributed by atoms with Gasteiger partial charge in [0, 0.05) is 14.8 Å². The molecular weight excluding hydrogens is 356 g/mol. The van der Waals surface area contributed by atoms with E-state index in [4.69, 9.17) is 0 Å². The summed E-state index contributed by atoms with van der Waals surface area (Å²) >= 11 is 2.10. The summed E-state index contributed by atoms with van der Waals surface area (Å²) in [6.07, 6.45) is 0.824. The van der Waals surface area contributed by atoms with Crippen LogP contribution in [-0.2, 0) is 0 Å². The molecule has 100 valence electrons. The van der Waals surface area contributed by atoms with Gasteiger partial charge in [-0.1, -0.05) is 25.1 Å². The number of phenolic OH excluding ortho intramolecular Hbond substituents is 1. The fraction of sp³-hybridized carbons (Fsp3) is 0.200. The Kier molecular flexibility index (Phi) is 4.63. The number of anilines is 1. The van der Waals surface area contributed by atoms with Crippen LogP contribution in [0, 0.1) is 9.39 Å². The second-order valence-corrected chi connectivity index (χ2v) is 5.45. The zero-order valence-electron chi connectivity index (χ0n) is 10.5. The zero-order valence-corrected chi connectivity index (χ0v) is 12.7. The fourth-order valence-electron chi connectivity index (χ4n) is 1.98. The highest BCUT2D eigenvalue weighted by molar-refractivity contribution is 14.1. The molecule has 0 saturated heterocycles. The van der Waals surface area contributed by atoms with E-state index in [-0.39, 0.29) is 17.6 Å². The number of hydrogen-bond donors (Lipinski definition) is 2. The third kappa shape index (κ3) is 3.37. The van der Waals surface area contributed by atoms with Crippen LogP contribution in [0.5, 0.6) is 5.75 Å². The van der Waals surface area contributed by atoms with Gasteiger partial charge < -0.3 is 10.4 Å². The highest BCUT2D eigenvalue weighted by Crippen LogP contribution is 2.30. The van der Waals surface area contributed by atoms with Gasteiger partial charge in [0.25, 0.3) is 0 Å². The van der Waals surface area contributed by atoms with Crippen LogP contribution >= 0.6 is 22.6 Å². The molecule has 0 aliphatic rings. The molecular formula is C15H15FINO. The molecule has 0 spiro atoms. The molecule has 2 aromatic rings. The monoisotopic (exact) mass is 371 g/mol. The van der Waals surface area contributed by atoms with Crippen LogP contribution in [-0.4, -0.2) is 5.11 Å². The summed E-state index contributed by atoms with van der Waals surface area (Å²) in [5.41, 5.74) is 1.72. The molecule has 0 aliphatic heterocycles. The molecule has 0 fully saturated rings. The topological polar surface area (TPSA) is 32.3 Å². The highest BCUT2D eigenvalue weighted by Gasteiger charge is 2.14. The van der Waals surface area contributed by atoms with Crippen LogP contribution in [0.25, 0.3) is 0 Å². The molecule has 4 heteroatoms. The number of aromatic hydroxyl groups is 1. The first-order valence-electron chi connectivity index (χ1n) is 6.11. The average Bonchev–Trinajstić information content (AvgIpc) is 2.39. The number of phenols is 1. The van der Waals surface area contributed by atoms with Crippen molar-refractivity contribution in [2.45, 2.75) is 19.4 Å². The Morgan fingerprint density at radius 2 is 2.00 bits per heavy atom. The van der Waals surface area contributed by atoms with Crippen molar-refractivity contribution in [3.05, 3.63) is 57.4 Å². The Bertz CT molecular complexity index is 574. The van der Waals surface area contributed by atoms with Crippen molar-refractivity contribution in [3.63, 3.8) is 0 Å². The minimum absolute atomic E-state index is 0.000164. The van der Waals surface area contributed by atoms with Gasteiger partial charge in [0.1, 0.15) is 11.6 Å². The predicted molar refractivity (Wildman–Crippen MR) is 83.9 cm³/mol. The molecule has 0 aliphatic carbocycles.